The predicted molar refractivity (Wildman–Crippen MR) is 135 cm³/mol. The Morgan fingerprint density at radius 2 is 1.47 bits per heavy atom. The molecule has 0 spiro atoms. The monoisotopic (exact) mass is 457 g/mol. The number of benzene rings is 1. The van der Waals surface area contributed by atoms with E-state index in [2.05, 4.69) is 24.0 Å². The second-order valence-electron chi connectivity index (χ2n) is 9.07. The van der Waals surface area contributed by atoms with E-state index in [0.29, 0.717) is 5.75 Å². The Kier molecular flexibility index (Phi) is 12.4. The minimum Gasteiger partial charge on any atom is -0.425 e. The number of unbranched alkanes of at least 4 members (excludes halogenated alkanes) is 9. The number of carbonyl (C=O) groups excluding carboxylic acids is 1. The first-order valence-electron chi connectivity index (χ1n) is 12.4. The van der Waals surface area contributed by atoms with Crippen molar-refractivity contribution in [2.24, 2.45) is 5.92 Å². The minimum atomic E-state index is -0.639. The Bertz CT molecular complexity index is 771. The van der Waals surface area contributed by atoms with Crippen LogP contribution in [0, 0.1) is 5.92 Å². The topological polar surface area (TPSA) is 39.2 Å². The molecule has 0 fully saturated rings. The number of nitrogens with zero attached hydrogens (tertiary/aromatic N) is 1. The highest BCUT2D eigenvalue weighted by atomic mass is 35.5. The van der Waals surface area contributed by atoms with E-state index in [0.717, 1.165) is 17.7 Å². The Balaban J connectivity index is 1.69. The van der Waals surface area contributed by atoms with Crippen molar-refractivity contribution in [1.29, 1.82) is 0 Å². The van der Waals surface area contributed by atoms with Gasteiger partial charge >= 0.3 is 5.97 Å². The molecule has 1 aromatic heterocycles. The average molecular weight is 458 g/mol. The van der Waals surface area contributed by atoms with E-state index in [1.807, 2.05) is 32.2 Å². The molecule has 1 heterocycles. The van der Waals surface area contributed by atoms with Crippen molar-refractivity contribution in [1.82, 2.24) is 4.98 Å². The van der Waals surface area contributed by atoms with E-state index < -0.39 is 11.3 Å². The van der Waals surface area contributed by atoms with Crippen LogP contribution in [-0.4, -0.2) is 16.3 Å². The third kappa shape index (κ3) is 9.73. The molecule has 2 rings (SSSR count). The lowest BCUT2D eigenvalue weighted by Gasteiger charge is -2.12. The largest absolute Gasteiger partial charge is 0.425 e. The maximum Gasteiger partial charge on any atom is 0.329 e. The summed E-state index contributed by atoms with van der Waals surface area (Å²) in [7, 11) is 0. The number of hydrogen-bond acceptors (Lipinski definition) is 3. The van der Waals surface area contributed by atoms with E-state index in [-0.39, 0.29) is 5.92 Å². The maximum atomic E-state index is 12.0. The predicted octanol–water partition coefficient (Wildman–Crippen LogP) is 8.38. The van der Waals surface area contributed by atoms with Crippen molar-refractivity contribution < 1.29 is 9.53 Å². The van der Waals surface area contributed by atoms with Gasteiger partial charge in [-0.25, -0.2) is 0 Å². The molecule has 176 valence electrons. The summed E-state index contributed by atoms with van der Waals surface area (Å²) in [5.41, 5.74) is 3.22. The zero-order chi connectivity index (χ0) is 23.2. The smallest absolute Gasteiger partial charge is 0.329 e. The van der Waals surface area contributed by atoms with E-state index >= 15 is 0 Å². The molecule has 0 aliphatic carbocycles. The van der Waals surface area contributed by atoms with Gasteiger partial charge in [-0.3, -0.25) is 9.78 Å². The van der Waals surface area contributed by atoms with E-state index in [1.54, 1.807) is 12.1 Å². The Morgan fingerprint density at radius 3 is 2.00 bits per heavy atom. The number of aromatic nitrogens is 1. The van der Waals surface area contributed by atoms with Crippen LogP contribution in [0.2, 0.25) is 0 Å². The summed E-state index contributed by atoms with van der Waals surface area (Å²) in [6, 6.07) is 11.7. The van der Waals surface area contributed by atoms with Gasteiger partial charge in [0.05, 0.1) is 5.69 Å². The zero-order valence-electron chi connectivity index (χ0n) is 20.1. The number of aryl methyl sites for hydroxylation is 1. The molecule has 0 N–H and O–H groups in total. The number of alkyl halides is 1. The van der Waals surface area contributed by atoms with Crippen LogP contribution in [0.25, 0.3) is 11.3 Å². The molecule has 2 aromatic rings. The van der Waals surface area contributed by atoms with Gasteiger partial charge < -0.3 is 4.74 Å². The van der Waals surface area contributed by atoms with Gasteiger partial charge in [-0.1, -0.05) is 84.6 Å². The second-order valence-corrected chi connectivity index (χ2v) is 9.55. The first kappa shape index (κ1) is 26.4. The van der Waals surface area contributed by atoms with Crippen LogP contribution < -0.4 is 4.74 Å². The van der Waals surface area contributed by atoms with Gasteiger partial charge in [0.1, 0.15) is 11.1 Å². The van der Waals surface area contributed by atoms with Crippen molar-refractivity contribution in [2.45, 2.75) is 96.8 Å². The molecule has 1 unspecified atom stereocenters. The van der Waals surface area contributed by atoms with Gasteiger partial charge in [-0.15, -0.1) is 11.6 Å². The van der Waals surface area contributed by atoms with E-state index in [4.69, 9.17) is 16.3 Å². The zero-order valence-corrected chi connectivity index (χ0v) is 20.9. The van der Waals surface area contributed by atoms with Crippen molar-refractivity contribution in [3.8, 4) is 17.0 Å². The van der Waals surface area contributed by atoms with Gasteiger partial charge in [-0.05, 0) is 54.7 Å². The van der Waals surface area contributed by atoms with Crippen LogP contribution in [0.3, 0.4) is 0 Å². The molecule has 1 aromatic carbocycles. The molecule has 0 bridgehead atoms. The number of halogens is 1. The van der Waals surface area contributed by atoms with Gasteiger partial charge in [0, 0.05) is 11.8 Å². The second kappa shape index (κ2) is 15.1. The van der Waals surface area contributed by atoms with Crippen molar-refractivity contribution in [3.05, 3.63) is 48.2 Å². The fourth-order valence-electron chi connectivity index (χ4n) is 3.70. The molecule has 0 amide bonds. The third-order valence-electron chi connectivity index (χ3n) is 5.82. The standard InChI is InChI=1S/C28H40ClNO2/c1-4-5-6-7-8-9-10-11-12-13-14-23-15-20-26(30-21-23)24-16-18-25(19-17-24)32-28(31)27(29)22(2)3/h15-22,27H,4-14H2,1-3H3. The summed E-state index contributed by atoms with van der Waals surface area (Å²) in [4.78, 5) is 16.6. The summed E-state index contributed by atoms with van der Waals surface area (Å²) in [6.07, 6.45) is 16.7. The van der Waals surface area contributed by atoms with Crippen LogP contribution in [-0.2, 0) is 11.2 Å². The highest BCUT2D eigenvalue weighted by molar-refractivity contribution is 6.30. The minimum absolute atomic E-state index is 0.0338. The SMILES string of the molecule is CCCCCCCCCCCCc1ccc(-c2ccc(OC(=O)C(Cl)C(C)C)cc2)nc1. The number of hydrogen-bond donors (Lipinski definition) is 0. The van der Waals surface area contributed by atoms with Crippen LogP contribution in [0.5, 0.6) is 5.75 Å². The van der Waals surface area contributed by atoms with Gasteiger partial charge in [0.15, 0.2) is 0 Å². The molecular weight excluding hydrogens is 418 g/mol. The van der Waals surface area contributed by atoms with Crippen LogP contribution in [0.1, 0.15) is 90.5 Å². The summed E-state index contributed by atoms with van der Waals surface area (Å²) in [5, 5.41) is -0.639. The number of esters is 1. The van der Waals surface area contributed by atoms with Crippen LogP contribution >= 0.6 is 11.6 Å². The third-order valence-corrected chi connectivity index (χ3v) is 6.50. The lowest BCUT2D eigenvalue weighted by Crippen LogP contribution is -2.25. The van der Waals surface area contributed by atoms with Crippen LogP contribution in [0.15, 0.2) is 42.6 Å². The van der Waals surface area contributed by atoms with Crippen LogP contribution in [0.4, 0.5) is 0 Å². The summed E-state index contributed by atoms with van der Waals surface area (Å²) >= 11 is 6.06. The van der Waals surface area contributed by atoms with Gasteiger partial charge in [0.25, 0.3) is 0 Å². The van der Waals surface area contributed by atoms with Crippen molar-refractivity contribution >= 4 is 17.6 Å². The van der Waals surface area contributed by atoms with Gasteiger partial charge in [0.2, 0.25) is 0 Å². The molecule has 4 heteroatoms. The maximum absolute atomic E-state index is 12.0. The first-order chi connectivity index (χ1) is 15.5. The van der Waals surface area contributed by atoms with Crippen molar-refractivity contribution in [3.63, 3.8) is 0 Å². The Hall–Kier alpha value is -1.87. The summed E-state index contributed by atoms with van der Waals surface area (Å²) in [6.45, 7) is 6.06. The quantitative estimate of drug-likeness (QED) is 0.117. The molecule has 0 aliphatic rings. The molecule has 3 nitrogen and oxygen atoms in total. The highest BCUT2D eigenvalue weighted by Crippen LogP contribution is 2.23. The Labute approximate surface area is 199 Å². The lowest BCUT2D eigenvalue weighted by atomic mass is 10.0. The number of ether oxygens (including phenoxy) is 1. The molecule has 0 aliphatic heterocycles. The fraction of sp³-hybridized carbons (Fsp3) is 0.571. The molecule has 32 heavy (non-hydrogen) atoms. The highest BCUT2D eigenvalue weighted by Gasteiger charge is 2.21. The normalized spacial score (nSPS) is 12.2. The number of rotatable bonds is 15. The van der Waals surface area contributed by atoms with Gasteiger partial charge in [-0.2, -0.15) is 0 Å². The number of pyridine rings is 1. The molecule has 0 saturated carbocycles. The van der Waals surface area contributed by atoms with Crippen molar-refractivity contribution in [2.75, 3.05) is 0 Å². The summed E-state index contributed by atoms with van der Waals surface area (Å²) < 4.78 is 5.36. The van der Waals surface area contributed by atoms with E-state index in [9.17, 15) is 4.79 Å². The summed E-state index contributed by atoms with van der Waals surface area (Å²) in [5.74, 6) is 0.123. The Morgan fingerprint density at radius 1 is 0.875 bits per heavy atom. The average Bonchev–Trinajstić information content (AvgIpc) is 2.80. The van der Waals surface area contributed by atoms with E-state index in [1.165, 1.54) is 69.8 Å². The molecule has 0 saturated heterocycles. The molecular formula is C28H40ClNO2. The molecule has 0 radical (unpaired) electrons. The lowest BCUT2D eigenvalue weighted by molar-refractivity contribution is -0.134. The number of carbonyl (C=O) groups is 1. The molecule has 1 atom stereocenters. The first-order valence-corrected chi connectivity index (χ1v) is 12.9. The fourth-order valence-corrected chi connectivity index (χ4v) is 3.74.